The summed E-state index contributed by atoms with van der Waals surface area (Å²) in [4.78, 5) is 26.7. The number of cyclic esters (lactones) is 1. The fourth-order valence-electron chi connectivity index (χ4n) is 4.85. The molecule has 5 atom stereocenters. The van der Waals surface area contributed by atoms with Crippen molar-refractivity contribution < 1.29 is 42.7 Å². The molecule has 4 rings (SSSR count). The average Bonchev–Trinajstić information content (AvgIpc) is 3.30. The van der Waals surface area contributed by atoms with E-state index in [0.29, 0.717) is 23.3 Å². The largest absolute Gasteiger partial charge is 0.489 e. The fraction of sp³-hybridized carbons (Fsp3) is 0.412. The zero-order valence-electron chi connectivity index (χ0n) is 25.3. The highest BCUT2D eigenvalue weighted by Gasteiger charge is 2.45. The molecule has 0 radical (unpaired) electrons. The van der Waals surface area contributed by atoms with Gasteiger partial charge < -0.3 is 33.2 Å². The molecule has 2 aliphatic rings. The highest BCUT2D eigenvalue weighted by Crippen LogP contribution is 2.36. The van der Waals surface area contributed by atoms with Gasteiger partial charge in [0.05, 0.1) is 11.7 Å². The third-order valence-electron chi connectivity index (χ3n) is 7.11. The zero-order valence-corrected chi connectivity index (χ0v) is 25.3. The smallest absolute Gasteiger partial charge is 0.342 e. The van der Waals surface area contributed by atoms with Crippen LogP contribution in [0.1, 0.15) is 60.4 Å². The summed E-state index contributed by atoms with van der Waals surface area (Å²) < 4.78 is 41.2. The molecule has 1 saturated heterocycles. The third-order valence-corrected chi connectivity index (χ3v) is 7.11. The van der Waals surface area contributed by atoms with Crippen LogP contribution in [-0.2, 0) is 23.7 Å². The molecular weight excluding hydrogens is 552 g/mol. The van der Waals surface area contributed by atoms with Crippen molar-refractivity contribution in [2.24, 2.45) is 5.92 Å². The quantitative estimate of drug-likeness (QED) is 0.204. The van der Waals surface area contributed by atoms with Gasteiger partial charge in [0.1, 0.15) is 42.0 Å². The van der Waals surface area contributed by atoms with Crippen molar-refractivity contribution in [1.29, 1.82) is 0 Å². The van der Waals surface area contributed by atoms with Crippen molar-refractivity contribution >= 4 is 18.0 Å². The van der Waals surface area contributed by atoms with E-state index in [1.807, 2.05) is 39.0 Å². The van der Waals surface area contributed by atoms with Crippen molar-refractivity contribution in [3.05, 3.63) is 90.0 Å². The average molecular weight is 593 g/mol. The van der Waals surface area contributed by atoms with Crippen molar-refractivity contribution in [2.45, 2.75) is 64.3 Å². The van der Waals surface area contributed by atoms with E-state index in [4.69, 9.17) is 33.2 Å². The topological polar surface area (TPSA) is 98.8 Å². The van der Waals surface area contributed by atoms with Gasteiger partial charge >= 0.3 is 11.9 Å². The van der Waals surface area contributed by atoms with Crippen LogP contribution in [0.3, 0.4) is 0 Å². The Bertz CT molecular complexity index is 1330. The van der Waals surface area contributed by atoms with Crippen LogP contribution in [0.2, 0.25) is 0 Å². The van der Waals surface area contributed by atoms with Crippen LogP contribution >= 0.6 is 0 Å². The first-order valence-electron chi connectivity index (χ1n) is 14.3. The summed E-state index contributed by atoms with van der Waals surface area (Å²) in [6, 6.07) is 12.2. The van der Waals surface area contributed by atoms with Crippen LogP contribution in [0.4, 0.5) is 0 Å². The number of benzene rings is 2. The van der Waals surface area contributed by atoms with E-state index >= 15 is 0 Å². The minimum absolute atomic E-state index is 0.0733. The van der Waals surface area contributed by atoms with E-state index in [9.17, 15) is 9.59 Å². The van der Waals surface area contributed by atoms with Crippen LogP contribution < -0.4 is 9.47 Å². The van der Waals surface area contributed by atoms with E-state index in [0.717, 1.165) is 0 Å². The highest BCUT2D eigenvalue weighted by molar-refractivity contribution is 5.97. The molecule has 0 amide bonds. The molecule has 9 heteroatoms. The lowest BCUT2D eigenvalue weighted by Gasteiger charge is -2.25. The monoisotopic (exact) mass is 592 g/mol. The van der Waals surface area contributed by atoms with Gasteiger partial charge in [-0.1, -0.05) is 56.0 Å². The molecular formula is C34H40O9. The molecule has 2 aromatic rings. The Kier molecular flexibility index (Phi) is 10.8. The predicted octanol–water partition coefficient (Wildman–Crippen LogP) is 6.13. The van der Waals surface area contributed by atoms with Crippen LogP contribution in [0, 0.1) is 5.92 Å². The first-order chi connectivity index (χ1) is 20.6. The number of carbonyl (C=O) groups excluding carboxylic acids is 2. The van der Waals surface area contributed by atoms with E-state index in [1.54, 1.807) is 61.5 Å². The lowest BCUT2D eigenvalue weighted by Crippen LogP contribution is -2.37. The van der Waals surface area contributed by atoms with Crippen LogP contribution in [0.25, 0.3) is 6.08 Å². The SMILES string of the molecule is C=CCOc1cc2c(c(OCOC)c1)C(=O)O[C@@H](C)[C@H](C)/C=C\C(OC(=O)c1ccccc1)C1OC(C)(C)O[C@H]1CC=C2. The molecule has 2 heterocycles. The number of esters is 2. The summed E-state index contributed by atoms with van der Waals surface area (Å²) in [6.45, 7) is 11.3. The van der Waals surface area contributed by atoms with Crippen LogP contribution in [0.5, 0.6) is 11.5 Å². The maximum Gasteiger partial charge on any atom is 0.342 e. The maximum absolute atomic E-state index is 13.6. The molecule has 9 nitrogen and oxygen atoms in total. The second kappa shape index (κ2) is 14.5. The molecule has 0 aliphatic carbocycles. The molecule has 0 bridgehead atoms. The van der Waals surface area contributed by atoms with Crippen molar-refractivity contribution in [3.63, 3.8) is 0 Å². The Morgan fingerprint density at radius 1 is 1.09 bits per heavy atom. The number of rotatable bonds is 8. The van der Waals surface area contributed by atoms with E-state index < -0.39 is 42.1 Å². The minimum Gasteiger partial charge on any atom is -0.489 e. The van der Waals surface area contributed by atoms with Crippen molar-refractivity contribution in [1.82, 2.24) is 0 Å². The Labute approximate surface area is 253 Å². The Hall–Kier alpha value is -3.92. The lowest BCUT2D eigenvalue weighted by molar-refractivity contribution is -0.152. The first kappa shape index (κ1) is 32.0. The molecule has 0 saturated carbocycles. The number of hydrogen-bond donors (Lipinski definition) is 0. The summed E-state index contributed by atoms with van der Waals surface area (Å²) in [5, 5.41) is 0. The zero-order chi connectivity index (χ0) is 31.0. The number of carbonyl (C=O) groups is 2. The molecule has 2 aromatic carbocycles. The van der Waals surface area contributed by atoms with Gasteiger partial charge in [-0.25, -0.2) is 9.59 Å². The van der Waals surface area contributed by atoms with Crippen LogP contribution in [0.15, 0.2) is 73.3 Å². The third kappa shape index (κ3) is 8.34. The molecule has 2 unspecified atom stereocenters. The molecule has 1 fully saturated rings. The molecule has 0 aromatic heterocycles. The van der Waals surface area contributed by atoms with Crippen LogP contribution in [-0.4, -0.2) is 62.7 Å². The summed E-state index contributed by atoms with van der Waals surface area (Å²) in [5.74, 6) is -1.43. The fourth-order valence-corrected chi connectivity index (χ4v) is 4.85. The lowest BCUT2D eigenvalue weighted by atomic mass is 9.98. The normalized spacial score (nSPS) is 25.8. The standard InChI is InChI=1S/C34H40O9/c1-7-18-38-26-19-25-14-11-15-28-31(43-34(4,5)42-28)27(41-32(35)24-12-9-8-10-13-24)17-16-22(2)23(3)40-33(36)30(25)29(20-26)39-21-37-6/h7-14,16-17,19-20,22-23,27-28,31H,1,15,18,21H2,2-6H3/b14-11?,17-16-/t22-,23+,27?,28+,31?/m1/s1. The van der Waals surface area contributed by atoms with Gasteiger partial charge in [-0.3, -0.25) is 0 Å². The Balaban J connectivity index is 1.75. The van der Waals surface area contributed by atoms with E-state index in [2.05, 4.69) is 6.58 Å². The summed E-state index contributed by atoms with van der Waals surface area (Å²) in [7, 11) is 1.50. The van der Waals surface area contributed by atoms with Gasteiger partial charge in [0, 0.05) is 19.1 Å². The van der Waals surface area contributed by atoms with Gasteiger partial charge in [-0.05, 0) is 57.0 Å². The molecule has 2 aliphatic heterocycles. The summed E-state index contributed by atoms with van der Waals surface area (Å²) in [6.07, 6.45) is 7.00. The molecule has 43 heavy (non-hydrogen) atoms. The van der Waals surface area contributed by atoms with Gasteiger partial charge in [-0.2, -0.15) is 0 Å². The van der Waals surface area contributed by atoms with Crippen molar-refractivity contribution in [3.8, 4) is 11.5 Å². The number of hydrogen-bond acceptors (Lipinski definition) is 9. The maximum atomic E-state index is 13.6. The van der Waals surface area contributed by atoms with E-state index in [1.165, 1.54) is 7.11 Å². The van der Waals surface area contributed by atoms with Crippen molar-refractivity contribution in [2.75, 3.05) is 20.5 Å². The van der Waals surface area contributed by atoms with Gasteiger partial charge in [0.15, 0.2) is 12.6 Å². The second-order valence-electron chi connectivity index (χ2n) is 10.9. The Morgan fingerprint density at radius 2 is 1.86 bits per heavy atom. The predicted molar refractivity (Wildman–Crippen MR) is 161 cm³/mol. The molecule has 0 spiro atoms. The minimum atomic E-state index is -0.912. The number of ether oxygens (including phenoxy) is 7. The first-order valence-corrected chi connectivity index (χ1v) is 14.3. The Morgan fingerprint density at radius 3 is 2.58 bits per heavy atom. The van der Waals surface area contributed by atoms with E-state index in [-0.39, 0.29) is 30.6 Å². The summed E-state index contributed by atoms with van der Waals surface area (Å²) >= 11 is 0. The number of methoxy groups -OCH3 is 1. The highest BCUT2D eigenvalue weighted by atomic mass is 16.8. The summed E-state index contributed by atoms with van der Waals surface area (Å²) in [5.41, 5.74) is 1.21. The van der Waals surface area contributed by atoms with Gasteiger partial charge in [-0.15, -0.1) is 0 Å². The number of fused-ring (bicyclic) bond motifs is 2. The molecule has 230 valence electrons. The second-order valence-corrected chi connectivity index (χ2v) is 10.9. The van der Waals surface area contributed by atoms with Gasteiger partial charge in [0.2, 0.25) is 0 Å². The van der Waals surface area contributed by atoms with Gasteiger partial charge in [0.25, 0.3) is 0 Å². The molecule has 0 N–H and O–H groups in total.